The molecule has 0 heterocycles. The van der Waals surface area contributed by atoms with Crippen LogP contribution in [0.5, 0.6) is 0 Å². The lowest BCUT2D eigenvalue weighted by Crippen LogP contribution is -2.11. The van der Waals surface area contributed by atoms with Gasteiger partial charge in [-0.05, 0) is 66.5 Å². The van der Waals surface area contributed by atoms with Crippen molar-refractivity contribution >= 4 is 0 Å². The van der Waals surface area contributed by atoms with Crippen molar-refractivity contribution in [2.75, 3.05) is 0 Å². The van der Waals surface area contributed by atoms with Gasteiger partial charge in [0.05, 0.1) is 0 Å². The van der Waals surface area contributed by atoms with Crippen LogP contribution in [-0.2, 0) is 6.42 Å². The van der Waals surface area contributed by atoms with E-state index in [1.165, 1.54) is 80.9 Å². The Morgan fingerprint density at radius 1 is 0.500 bits per heavy atom. The minimum absolute atomic E-state index is 0.594. The first-order valence-corrected chi connectivity index (χ1v) is 13.9. The first-order chi connectivity index (χ1) is 16.8. The number of hydrogen-bond donors (Lipinski definition) is 0. The van der Waals surface area contributed by atoms with E-state index in [1.807, 2.05) is 0 Å². The highest BCUT2D eigenvalue weighted by Crippen LogP contribution is 2.37. The van der Waals surface area contributed by atoms with Gasteiger partial charge in [0.25, 0.3) is 0 Å². The number of hydrogen-bond acceptors (Lipinski definition) is 0. The van der Waals surface area contributed by atoms with Gasteiger partial charge in [0.1, 0.15) is 0 Å². The zero-order chi connectivity index (χ0) is 23.8. The first kappa shape index (κ1) is 26.3. The molecule has 0 fully saturated rings. The second kappa shape index (κ2) is 15.5. The molecule has 0 aromatic heterocycles. The summed E-state index contributed by atoms with van der Waals surface area (Å²) in [6, 6.07) is 33.7. The minimum atomic E-state index is 0.594. The third-order valence-electron chi connectivity index (χ3n) is 7.59. The highest BCUT2D eigenvalue weighted by molar-refractivity contribution is 5.25. The van der Waals surface area contributed by atoms with E-state index < -0.39 is 0 Å². The molecule has 182 valence electrons. The van der Waals surface area contributed by atoms with Crippen LogP contribution in [-0.4, -0.2) is 0 Å². The highest BCUT2D eigenvalue weighted by atomic mass is 14.3. The van der Waals surface area contributed by atoms with E-state index in [-0.39, 0.29) is 0 Å². The average Bonchev–Trinajstić information content (AvgIpc) is 2.91. The topological polar surface area (TPSA) is 0 Å². The van der Waals surface area contributed by atoms with Gasteiger partial charge in [-0.1, -0.05) is 143 Å². The van der Waals surface area contributed by atoms with Crippen LogP contribution in [0.4, 0.5) is 0 Å². The van der Waals surface area contributed by atoms with Crippen molar-refractivity contribution in [1.29, 1.82) is 0 Å². The van der Waals surface area contributed by atoms with Crippen LogP contribution in [0, 0.1) is 5.92 Å². The molecular formula is C34H46. The first-order valence-electron chi connectivity index (χ1n) is 13.9. The number of unbranched alkanes of at least 4 members (excludes halogenated alkanes) is 2. The molecule has 0 saturated carbocycles. The highest BCUT2D eigenvalue weighted by Gasteiger charge is 2.21. The van der Waals surface area contributed by atoms with Crippen LogP contribution in [0.1, 0.15) is 107 Å². The maximum absolute atomic E-state index is 2.37. The van der Waals surface area contributed by atoms with E-state index in [1.54, 1.807) is 0 Å². The number of benzene rings is 3. The maximum atomic E-state index is 2.37. The molecule has 0 nitrogen and oxygen atoms in total. The molecule has 34 heavy (non-hydrogen) atoms. The third-order valence-corrected chi connectivity index (χ3v) is 7.59. The summed E-state index contributed by atoms with van der Waals surface area (Å²) in [6.07, 6.45) is 14.5. The maximum Gasteiger partial charge on any atom is -0.0153 e. The molecule has 0 aliphatic heterocycles. The Balaban J connectivity index is 1.75. The van der Waals surface area contributed by atoms with Crippen LogP contribution in [0.2, 0.25) is 0 Å². The van der Waals surface area contributed by atoms with Gasteiger partial charge in [-0.15, -0.1) is 0 Å². The summed E-state index contributed by atoms with van der Waals surface area (Å²) in [5.74, 6) is 2.12. The fraction of sp³-hybridized carbons (Fsp3) is 0.471. The Kier molecular flexibility index (Phi) is 12.0. The van der Waals surface area contributed by atoms with E-state index in [0.29, 0.717) is 11.8 Å². The Morgan fingerprint density at radius 3 is 1.47 bits per heavy atom. The van der Waals surface area contributed by atoms with E-state index in [9.17, 15) is 0 Å². The molecule has 0 aliphatic rings. The molecule has 3 rings (SSSR count). The lowest BCUT2D eigenvalue weighted by molar-refractivity contribution is 0.357. The van der Waals surface area contributed by atoms with Crippen LogP contribution in [0.15, 0.2) is 91.0 Å². The van der Waals surface area contributed by atoms with Gasteiger partial charge in [0.2, 0.25) is 0 Å². The summed E-state index contributed by atoms with van der Waals surface area (Å²) >= 11 is 0. The standard InChI is InChI=1S/C34H46/c1-3-5-16-29(17-6-4-2)24-26-33(31-20-12-8-13-21-31)28-34(32-22-14-9-15-23-32)27-25-30-18-10-7-11-19-30/h7-15,18-23,29,33-34H,3-6,16-17,24-28H2,1-2H3. The Hall–Kier alpha value is -2.34. The summed E-state index contributed by atoms with van der Waals surface area (Å²) < 4.78 is 0. The molecule has 0 amide bonds. The molecule has 3 aromatic carbocycles. The second-order valence-electron chi connectivity index (χ2n) is 10.2. The van der Waals surface area contributed by atoms with Crippen molar-refractivity contribution in [1.82, 2.24) is 0 Å². The van der Waals surface area contributed by atoms with Gasteiger partial charge < -0.3 is 0 Å². The fourth-order valence-electron chi connectivity index (χ4n) is 5.48. The van der Waals surface area contributed by atoms with Crippen LogP contribution < -0.4 is 0 Å². The SMILES string of the molecule is CCCCC(CCCC)CCC(CC(CCc1ccccc1)c1ccccc1)c1ccccc1. The van der Waals surface area contributed by atoms with Crippen molar-refractivity contribution < 1.29 is 0 Å². The molecule has 2 unspecified atom stereocenters. The van der Waals surface area contributed by atoms with E-state index in [4.69, 9.17) is 0 Å². The van der Waals surface area contributed by atoms with Gasteiger partial charge in [-0.2, -0.15) is 0 Å². The summed E-state index contributed by atoms with van der Waals surface area (Å²) in [5, 5.41) is 0. The lowest BCUT2D eigenvalue weighted by Gasteiger charge is -2.27. The van der Waals surface area contributed by atoms with Gasteiger partial charge in [-0.3, -0.25) is 0 Å². The van der Waals surface area contributed by atoms with Gasteiger partial charge in [-0.25, -0.2) is 0 Å². The monoisotopic (exact) mass is 454 g/mol. The van der Waals surface area contributed by atoms with Gasteiger partial charge >= 0.3 is 0 Å². The zero-order valence-corrected chi connectivity index (χ0v) is 21.7. The summed E-state index contributed by atoms with van der Waals surface area (Å²) in [5.41, 5.74) is 4.50. The molecule has 0 heteroatoms. The summed E-state index contributed by atoms with van der Waals surface area (Å²) in [6.45, 7) is 4.67. The van der Waals surface area contributed by atoms with Crippen molar-refractivity contribution in [3.05, 3.63) is 108 Å². The molecule has 2 atom stereocenters. The smallest absolute Gasteiger partial charge is 0.0153 e. The Morgan fingerprint density at radius 2 is 0.971 bits per heavy atom. The van der Waals surface area contributed by atoms with Crippen LogP contribution in [0.3, 0.4) is 0 Å². The average molecular weight is 455 g/mol. The quantitative estimate of drug-likeness (QED) is 0.202. The Labute approximate surface area is 209 Å². The Bertz CT molecular complexity index is 860. The lowest BCUT2D eigenvalue weighted by atomic mass is 9.78. The normalized spacial score (nSPS) is 13.1. The van der Waals surface area contributed by atoms with Crippen LogP contribution >= 0.6 is 0 Å². The van der Waals surface area contributed by atoms with Gasteiger partial charge in [0.15, 0.2) is 0 Å². The predicted octanol–water partition coefficient (Wildman–Crippen LogP) is 10.4. The van der Waals surface area contributed by atoms with Crippen molar-refractivity contribution in [2.45, 2.75) is 96.3 Å². The predicted molar refractivity (Wildman–Crippen MR) is 150 cm³/mol. The second-order valence-corrected chi connectivity index (χ2v) is 10.2. The molecule has 0 bridgehead atoms. The fourth-order valence-corrected chi connectivity index (χ4v) is 5.48. The zero-order valence-electron chi connectivity index (χ0n) is 21.7. The van der Waals surface area contributed by atoms with E-state index in [0.717, 1.165) is 12.3 Å². The molecular weight excluding hydrogens is 408 g/mol. The largest absolute Gasteiger partial charge is 0.0654 e. The molecule has 0 spiro atoms. The van der Waals surface area contributed by atoms with Crippen molar-refractivity contribution in [3.8, 4) is 0 Å². The van der Waals surface area contributed by atoms with Crippen LogP contribution in [0.25, 0.3) is 0 Å². The minimum Gasteiger partial charge on any atom is -0.0654 e. The summed E-state index contributed by atoms with van der Waals surface area (Å²) in [4.78, 5) is 0. The molecule has 0 N–H and O–H groups in total. The molecule has 0 radical (unpaired) electrons. The van der Waals surface area contributed by atoms with Crippen molar-refractivity contribution in [3.63, 3.8) is 0 Å². The van der Waals surface area contributed by atoms with Gasteiger partial charge in [0, 0.05) is 0 Å². The summed E-state index contributed by atoms with van der Waals surface area (Å²) in [7, 11) is 0. The third kappa shape index (κ3) is 9.13. The van der Waals surface area contributed by atoms with E-state index in [2.05, 4.69) is 105 Å². The number of rotatable bonds is 16. The molecule has 3 aromatic rings. The molecule has 0 saturated heterocycles. The van der Waals surface area contributed by atoms with Crippen molar-refractivity contribution in [2.24, 2.45) is 5.92 Å². The number of aryl methyl sites for hydroxylation is 1. The van der Waals surface area contributed by atoms with E-state index >= 15 is 0 Å². The molecule has 0 aliphatic carbocycles.